The molecule has 6 nitrogen and oxygen atoms in total. The summed E-state index contributed by atoms with van der Waals surface area (Å²) in [6, 6.07) is 9.49. The van der Waals surface area contributed by atoms with E-state index in [9.17, 15) is 10.1 Å². The van der Waals surface area contributed by atoms with E-state index in [0.29, 0.717) is 11.3 Å². The van der Waals surface area contributed by atoms with E-state index in [1.54, 1.807) is 6.20 Å². The smallest absolute Gasteiger partial charge is 0.251 e. The number of nitrogens with one attached hydrogen (secondary N) is 1. The number of nitrogens with two attached hydrogens (primary N) is 2. The number of hydrogen-bond acceptors (Lipinski definition) is 5. The Kier molecular flexibility index (Phi) is 5.71. The molecule has 0 aromatic heterocycles. The van der Waals surface area contributed by atoms with E-state index in [4.69, 9.17) is 11.6 Å². The van der Waals surface area contributed by atoms with Crippen LogP contribution in [0.1, 0.15) is 60.9 Å². The molecule has 0 unspecified atom stereocenters. The predicted octanol–water partition coefficient (Wildman–Crippen LogP) is 2.71. The van der Waals surface area contributed by atoms with Gasteiger partial charge in [-0.05, 0) is 50.7 Å². The summed E-state index contributed by atoms with van der Waals surface area (Å²) in [4.78, 5) is 12.8. The summed E-state index contributed by atoms with van der Waals surface area (Å²) in [5.41, 5.74) is 8.01. The second-order valence-corrected chi connectivity index (χ2v) is 7.90. The van der Waals surface area contributed by atoms with E-state index in [-0.39, 0.29) is 17.9 Å². The Morgan fingerprint density at radius 3 is 2.48 bits per heavy atom. The van der Waals surface area contributed by atoms with E-state index in [1.807, 2.05) is 31.2 Å². The number of hydrogen-bond donors (Lipinski definition) is 3. The van der Waals surface area contributed by atoms with Crippen molar-refractivity contribution in [3.05, 3.63) is 47.3 Å². The molecular formula is C21H29N5O. The normalized spacial score (nSPS) is 20.4. The lowest BCUT2D eigenvalue weighted by atomic mass is 9.82. The summed E-state index contributed by atoms with van der Waals surface area (Å²) < 4.78 is 0. The van der Waals surface area contributed by atoms with Crippen molar-refractivity contribution in [3.63, 3.8) is 0 Å². The molecule has 144 valence electrons. The van der Waals surface area contributed by atoms with Gasteiger partial charge < -0.3 is 11.1 Å². The molecule has 0 heterocycles. The summed E-state index contributed by atoms with van der Waals surface area (Å²) in [6.07, 6.45) is 8.70. The van der Waals surface area contributed by atoms with Crippen molar-refractivity contribution in [1.82, 2.24) is 10.3 Å². The molecule has 0 saturated heterocycles. The van der Waals surface area contributed by atoms with Gasteiger partial charge in [0.15, 0.2) is 0 Å². The van der Waals surface area contributed by atoms with Crippen molar-refractivity contribution < 1.29 is 4.79 Å². The monoisotopic (exact) mass is 367 g/mol. The highest BCUT2D eigenvalue weighted by molar-refractivity contribution is 5.94. The maximum Gasteiger partial charge on any atom is 0.251 e. The van der Waals surface area contributed by atoms with Crippen LogP contribution < -0.4 is 16.9 Å². The molecular weight excluding hydrogens is 338 g/mol. The van der Waals surface area contributed by atoms with Gasteiger partial charge in [0, 0.05) is 17.5 Å². The number of amides is 1. The van der Waals surface area contributed by atoms with Crippen LogP contribution in [0, 0.1) is 24.2 Å². The minimum Gasteiger partial charge on any atom is -0.399 e. The second kappa shape index (κ2) is 8.01. The fourth-order valence-corrected chi connectivity index (χ4v) is 3.78. The van der Waals surface area contributed by atoms with Crippen molar-refractivity contribution in [1.29, 1.82) is 5.26 Å². The van der Waals surface area contributed by atoms with E-state index in [2.05, 4.69) is 11.4 Å². The first-order chi connectivity index (χ1) is 12.9. The zero-order valence-electron chi connectivity index (χ0n) is 15.9. The largest absolute Gasteiger partial charge is 0.399 e. The van der Waals surface area contributed by atoms with E-state index in [0.717, 1.165) is 44.1 Å². The zero-order valence-corrected chi connectivity index (χ0v) is 15.9. The van der Waals surface area contributed by atoms with Crippen LogP contribution in [0.3, 0.4) is 0 Å². The van der Waals surface area contributed by atoms with Crippen LogP contribution in [0.5, 0.6) is 0 Å². The Bertz CT molecular complexity index is 739. The van der Waals surface area contributed by atoms with Crippen LogP contribution in [0.25, 0.3) is 0 Å². The van der Waals surface area contributed by atoms with Crippen molar-refractivity contribution in [2.24, 2.45) is 17.5 Å². The van der Waals surface area contributed by atoms with Gasteiger partial charge in [-0.25, -0.2) is 5.84 Å². The fraction of sp³-hybridized carbons (Fsp3) is 0.524. The van der Waals surface area contributed by atoms with Crippen LogP contribution in [0.2, 0.25) is 0 Å². The summed E-state index contributed by atoms with van der Waals surface area (Å²) >= 11 is 0. The first kappa shape index (κ1) is 19.2. The molecule has 0 aliphatic heterocycles. The topological polar surface area (TPSA) is 108 Å². The third-order valence-corrected chi connectivity index (χ3v) is 5.79. The Morgan fingerprint density at radius 2 is 1.93 bits per heavy atom. The molecule has 2 aliphatic rings. The lowest BCUT2D eigenvalue weighted by molar-refractivity contribution is 0.0922. The first-order valence-corrected chi connectivity index (χ1v) is 9.75. The van der Waals surface area contributed by atoms with Gasteiger partial charge in [0.25, 0.3) is 5.91 Å². The summed E-state index contributed by atoms with van der Waals surface area (Å²) in [6.45, 7) is 1.99. The standard InChI is InChI=1S/C21H29N5O/c1-15-7-9-17(10-8-15)20(27)25-19(16-5-3-2-4-6-16)18(23)13-26(24)21(14-22)11-12-21/h7-10,13,16,19H,2-6,11-12,23-24H2,1H3,(H,25,27)/b18-13-/t19-/m0/s1. The fourth-order valence-electron chi connectivity index (χ4n) is 3.78. The van der Waals surface area contributed by atoms with Gasteiger partial charge in [-0.15, -0.1) is 0 Å². The van der Waals surface area contributed by atoms with Gasteiger partial charge in [0.2, 0.25) is 0 Å². The molecule has 0 bridgehead atoms. The number of nitriles is 1. The molecule has 5 N–H and O–H groups in total. The minimum absolute atomic E-state index is 0.132. The Hall–Kier alpha value is -2.52. The SMILES string of the molecule is Cc1ccc(C(=O)N[C@H](/C(N)=C/N(N)C2(C#N)CC2)C2CCCCC2)cc1. The second-order valence-electron chi connectivity index (χ2n) is 7.90. The Labute approximate surface area is 161 Å². The molecule has 1 atom stereocenters. The minimum atomic E-state index is -0.636. The molecule has 0 spiro atoms. The lowest BCUT2D eigenvalue weighted by Crippen LogP contribution is -2.46. The molecule has 2 aliphatic carbocycles. The number of nitrogens with zero attached hydrogens (tertiary/aromatic N) is 2. The maximum absolute atomic E-state index is 12.8. The quantitative estimate of drug-likeness (QED) is 0.529. The highest BCUT2D eigenvalue weighted by Crippen LogP contribution is 2.39. The van der Waals surface area contributed by atoms with E-state index < -0.39 is 5.54 Å². The summed E-state index contributed by atoms with van der Waals surface area (Å²) in [7, 11) is 0. The van der Waals surface area contributed by atoms with Crippen LogP contribution >= 0.6 is 0 Å². The van der Waals surface area contributed by atoms with Crippen LogP contribution in [0.4, 0.5) is 0 Å². The first-order valence-electron chi connectivity index (χ1n) is 9.75. The lowest BCUT2D eigenvalue weighted by Gasteiger charge is -2.32. The summed E-state index contributed by atoms with van der Waals surface area (Å²) in [5, 5.41) is 13.9. The molecule has 2 saturated carbocycles. The van der Waals surface area contributed by atoms with E-state index in [1.165, 1.54) is 11.4 Å². The van der Waals surface area contributed by atoms with Crippen molar-refractivity contribution in [2.75, 3.05) is 0 Å². The molecule has 6 heteroatoms. The van der Waals surface area contributed by atoms with Gasteiger partial charge in [0.1, 0.15) is 5.54 Å². The Morgan fingerprint density at radius 1 is 1.30 bits per heavy atom. The number of hydrazine groups is 1. The van der Waals surface area contributed by atoms with Crippen LogP contribution in [0.15, 0.2) is 36.2 Å². The van der Waals surface area contributed by atoms with Gasteiger partial charge in [0.05, 0.1) is 12.1 Å². The van der Waals surface area contributed by atoms with Crippen molar-refractivity contribution in [3.8, 4) is 6.07 Å². The molecule has 1 amide bonds. The molecule has 2 fully saturated rings. The predicted molar refractivity (Wildman–Crippen MR) is 105 cm³/mol. The number of carbonyl (C=O) groups is 1. The van der Waals surface area contributed by atoms with Crippen LogP contribution in [-0.4, -0.2) is 22.5 Å². The van der Waals surface area contributed by atoms with E-state index >= 15 is 0 Å². The highest BCUT2D eigenvalue weighted by atomic mass is 16.1. The number of rotatable bonds is 6. The molecule has 0 radical (unpaired) electrons. The van der Waals surface area contributed by atoms with Crippen molar-refractivity contribution in [2.45, 2.75) is 63.5 Å². The number of carbonyl (C=O) groups excluding carboxylic acids is 1. The number of benzene rings is 1. The highest BCUT2D eigenvalue weighted by Gasteiger charge is 2.47. The third-order valence-electron chi connectivity index (χ3n) is 5.79. The Balaban J connectivity index is 1.79. The van der Waals surface area contributed by atoms with Crippen LogP contribution in [-0.2, 0) is 0 Å². The third kappa shape index (κ3) is 4.42. The maximum atomic E-state index is 12.8. The van der Waals surface area contributed by atoms with Gasteiger partial charge in [-0.1, -0.05) is 37.0 Å². The van der Waals surface area contributed by atoms with Gasteiger partial charge >= 0.3 is 0 Å². The molecule has 3 rings (SSSR count). The van der Waals surface area contributed by atoms with Crippen molar-refractivity contribution >= 4 is 5.91 Å². The number of aryl methyl sites for hydroxylation is 1. The summed E-state index contributed by atoms with van der Waals surface area (Å²) in [5.74, 6) is 6.25. The zero-order chi connectivity index (χ0) is 19.4. The molecule has 1 aromatic rings. The average molecular weight is 367 g/mol. The molecule has 27 heavy (non-hydrogen) atoms. The average Bonchev–Trinajstić information content (AvgIpc) is 3.48. The molecule has 1 aromatic carbocycles. The van der Waals surface area contributed by atoms with Gasteiger partial charge in [-0.3, -0.25) is 9.80 Å². The van der Waals surface area contributed by atoms with Gasteiger partial charge in [-0.2, -0.15) is 5.26 Å².